The van der Waals surface area contributed by atoms with Gasteiger partial charge in [0, 0.05) is 18.8 Å². The number of H-pyrrole nitrogens is 1. The highest BCUT2D eigenvalue weighted by Crippen LogP contribution is 2.29. The molecule has 1 saturated heterocycles. The molecule has 2 heterocycles. The summed E-state index contributed by atoms with van der Waals surface area (Å²) >= 11 is 0. The van der Waals surface area contributed by atoms with Gasteiger partial charge >= 0.3 is 6.03 Å². The van der Waals surface area contributed by atoms with Crippen molar-refractivity contribution < 1.29 is 13.6 Å². The molecular weight excluding hydrogens is 318 g/mol. The lowest BCUT2D eigenvalue weighted by Gasteiger charge is -2.20. The zero-order chi connectivity index (χ0) is 17.1. The molecule has 0 spiro atoms. The van der Waals surface area contributed by atoms with Crippen molar-refractivity contribution in [3.8, 4) is 0 Å². The molecule has 0 radical (unpaired) electrons. The Morgan fingerprint density at radius 1 is 1.29 bits per heavy atom. The molecule has 0 aliphatic carbocycles. The Balaban J connectivity index is 1.67. The minimum Gasteiger partial charge on any atom is -0.367 e. The lowest BCUT2D eigenvalue weighted by molar-refractivity contribution is 0.249. The molecule has 3 N–H and O–H groups in total. The first-order valence-electron chi connectivity index (χ1n) is 7.71. The summed E-state index contributed by atoms with van der Waals surface area (Å²) in [6.07, 6.45) is 3.16. The Bertz CT molecular complexity index is 692. The van der Waals surface area contributed by atoms with Gasteiger partial charge < -0.3 is 15.5 Å². The van der Waals surface area contributed by atoms with Gasteiger partial charge in [0.25, 0.3) is 0 Å². The van der Waals surface area contributed by atoms with Gasteiger partial charge in [-0.05, 0) is 31.9 Å². The van der Waals surface area contributed by atoms with E-state index < -0.39 is 23.7 Å². The van der Waals surface area contributed by atoms with E-state index >= 15 is 0 Å². The van der Waals surface area contributed by atoms with E-state index in [1.165, 1.54) is 6.33 Å². The second-order valence-corrected chi connectivity index (χ2v) is 5.67. The largest absolute Gasteiger partial charge is 0.367 e. The number of benzene rings is 1. The standard InChI is InChI=1S/C15H18F2N6O/c1-9(14-18-8-19-22-14)20-15(24)21-10-6-11(16)13(12(17)7-10)23-4-2-3-5-23/h6-9H,2-5H2,1H3,(H,18,19,22)(H2,20,21,24). The molecule has 1 aliphatic heterocycles. The maximum atomic E-state index is 14.2. The Morgan fingerprint density at radius 2 is 1.96 bits per heavy atom. The Hall–Kier alpha value is -2.71. The van der Waals surface area contributed by atoms with Crippen LogP contribution >= 0.6 is 0 Å². The molecule has 1 fully saturated rings. The van der Waals surface area contributed by atoms with Crippen LogP contribution in [0.4, 0.5) is 25.0 Å². The highest BCUT2D eigenvalue weighted by molar-refractivity contribution is 5.89. The molecule has 128 valence electrons. The van der Waals surface area contributed by atoms with Gasteiger partial charge in [0.1, 0.15) is 17.8 Å². The van der Waals surface area contributed by atoms with Crippen LogP contribution in [0.5, 0.6) is 0 Å². The maximum absolute atomic E-state index is 14.2. The minimum absolute atomic E-state index is 0.0338. The number of amides is 2. The van der Waals surface area contributed by atoms with E-state index in [0.29, 0.717) is 18.9 Å². The Labute approximate surface area is 137 Å². The first kappa shape index (κ1) is 16.2. The number of hydrogen-bond acceptors (Lipinski definition) is 4. The van der Waals surface area contributed by atoms with E-state index in [4.69, 9.17) is 0 Å². The lowest BCUT2D eigenvalue weighted by Crippen LogP contribution is -2.31. The lowest BCUT2D eigenvalue weighted by atomic mass is 10.2. The fourth-order valence-corrected chi connectivity index (χ4v) is 2.74. The Morgan fingerprint density at radius 3 is 2.54 bits per heavy atom. The van der Waals surface area contributed by atoms with Gasteiger partial charge in [-0.25, -0.2) is 18.6 Å². The number of carbonyl (C=O) groups excluding carboxylic acids is 1. The topological polar surface area (TPSA) is 85.9 Å². The van der Waals surface area contributed by atoms with E-state index in [1.54, 1.807) is 11.8 Å². The molecule has 2 amide bonds. The van der Waals surface area contributed by atoms with Gasteiger partial charge in [-0.3, -0.25) is 5.10 Å². The van der Waals surface area contributed by atoms with Crippen molar-refractivity contribution >= 4 is 17.4 Å². The molecule has 24 heavy (non-hydrogen) atoms. The van der Waals surface area contributed by atoms with Crippen LogP contribution in [0, 0.1) is 11.6 Å². The van der Waals surface area contributed by atoms with E-state index in [2.05, 4.69) is 25.8 Å². The molecule has 3 rings (SSSR count). The number of urea groups is 1. The molecule has 2 aromatic rings. The molecule has 1 aromatic heterocycles. The van der Waals surface area contributed by atoms with E-state index in [0.717, 1.165) is 25.0 Å². The molecule has 1 atom stereocenters. The first-order chi connectivity index (χ1) is 11.5. The average Bonchev–Trinajstić information content (AvgIpc) is 3.20. The molecule has 1 aliphatic rings. The number of anilines is 2. The molecular formula is C15H18F2N6O. The fourth-order valence-electron chi connectivity index (χ4n) is 2.74. The van der Waals surface area contributed by atoms with Crippen molar-refractivity contribution in [3.05, 3.63) is 35.9 Å². The van der Waals surface area contributed by atoms with Gasteiger partial charge in [-0.15, -0.1) is 0 Å². The first-order valence-corrected chi connectivity index (χ1v) is 7.71. The van der Waals surface area contributed by atoms with E-state index in [-0.39, 0.29) is 11.4 Å². The number of nitrogens with zero attached hydrogens (tertiary/aromatic N) is 3. The fraction of sp³-hybridized carbons (Fsp3) is 0.400. The van der Waals surface area contributed by atoms with Crippen molar-refractivity contribution in [1.29, 1.82) is 0 Å². The molecule has 7 nitrogen and oxygen atoms in total. The predicted octanol–water partition coefficient (Wildman–Crippen LogP) is 2.57. The van der Waals surface area contributed by atoms with Crippen LogP contribution in [0.25, 0.3) is 0 Å². The number of hydrogen-bond donors (Lipinski definition) is 3. The minimum atomic E-state index is -0.685. The monoisotopic (exact) mass is 336 g/mol. The van der Waals surface area contributed by atoms with Gasteiger partial charge in [-0.1, -0.05) is 0 Å². The average molecular weight is 336 g/mol. The predicted molar refractivity (Wildman–Crippen MR) is 84.8 cm³/mol. The maximum Gasteiger partial charge on any atom is 0.319 e. The number of rotatable bonds is 4. The van der Waals surface area contributed by atoms with Crippen molar-refractivity contribution in [2.24, 2.45) is 0 Å². The zero-order valence-electron chi connectivity index (χ0n) is 13.1. The SMILES string of the molecule is CC(NC(=O)Nc1cc(F)c(N2CCCC2)c(F)c1)c1ncn[nH]1. The quantitative estimate of drug-likeness (QED) is 0.801. The number of nitrogens with one attached hydrogen (secondary N) is 3. The second-order valence-electron chi connectivity index (χ2n) is 5.67. The van der Waals surface area contributed by atoms with Crippen LogP contribution in [-0.2, 0) is 0 Å². The van der Waals surface area contributed by atoms with Crippen LogP contribution in [0.1, 0.15) is 31.6 Å². The van der Waals surface area contributed by atoms with Gasteiger partial charge in [0.15, 0.2) is 11.6 Å². The third-order valence-electron chi connectivity index (χ3n) is 3.89. The summed E-state index contributed by atoms with van der Waals surface area (Å²) in [4.78, 5) is 17.5. The highest BCUT2D eigenvalue weighted by Gasteiger charge is 2.21. The number of carbonyl (C=O) groups is 1. The molecule has 9 heteroatoms. The summed E-state index contributed by atoms with van der Waals surface area (Å²) in [6, 6.07) is 1.22. The summed E-state index contributed by atoms with van der Waals surface area (Å²) in [7, 11) is 0. The Kier molecular flexibility index (Phi) is 4.59. The highest BCUT2D eigenvalue weighted by atomic mass is 19.1. The zero-order valence-corrected chi connectivity index (χ0v) is 13.1. The molecule has 1 aromatic carbocycles. The smallest absolute Gasteiger partial charge is 0.319 e. The molecule has 0 bridgehead atoms. The third-order valence-corrected chi connectivity index (χ3v) is 3.89. The van der Waals surface area contributed by atoms with Crippen LogP contribution < -0.4 is 15.5 Å². The second kappa shape index (κ2) is 6.81. The van der Waals surface area contributed by atoms with Crippen molar-refractivity contribution in [3.63, 3.8) is 0 Å². The van der Waals surface area contributed by atoms with Crippen LogP contribution in [0.15, 0.2) is 18.5 Å². The third kappa shape index (κ3) is 3.44. The van der Waals surface area contributed by atoms with Gasteiger partial charge in [0.2, 0.25) is 0 Å². The number of aromatic amines is 1. The number of aromatic nitrogens is 3. The normalized spacial score (nSPS) is 15.4. The summed E-state index contributed by atoms with van der Waals surface area (Å²) in [5.41, 5.74) is 0.0173. The van der Waals surface area contributed by atoms with Crippen LogP contribution in [0.2, 0.25) is 0 Å². The van der Waals surface area contributed by atoms with Crippen LogP contribution in [0.3, 0.4) is 0 Å². The molecule has 1 unspecified atom stereocenters. The van der Waals surface area contributed by atoms with Crippen molar-refractivity contribution in [1.82, 2.24) is 20.5 Å². The van der Waals surface area contributed by atoms with Crippen molar-refractivity contribution in [2.75, 3.05) is 23.3 Å². The van der Waals surface area contributed by atoms with E-state index in [1.807, 2.05) is 0 Å². The van der Waals surface area contributed by atoms with Gasteiger partial charge in [-0.2, -0.15) is 5.10 Å². The summed E-state index contributed by atoms with van der Waals surface area (Å²) < 4.78 is 28.4. The van der Waals surface area contributed by atoms with Crippen LogP contribution in [-0.4, -0.2) is 34.3 Å². The molecule has 0 saturated carbocycles. The van der Waals surface area contributed by atoms with Crippen molar-refractivity contribution in [2.45, 2.75) is 25.8 Å². The van der Waals surface area contributed by atoms with Gasteiger partial charge in [0.05, 0.1) is 6.04 Å². The summed E-state index contributed by atoms with van der Waals surface area (Å²) in [6.45, 7) is 2.98. The number of halogens is 2. The summed E-state index contributed by atoms with van der Waals surface area (Å²) in [5, 5.41) is 11.4. The van der Waals surface area contributed by atoms with E-state index in [9.17, 15) is 13.6 Å². The summed E-state index contributed by atoms with van der Waals surface area (Å²) in [5.74, 6) is -0.891.